The number of hydrogen-bond donors (Lipinski definition) is 2. The number of hydrogen-bond acceptors (Lipinski definition) is 6. The van der Waals surface area contributed by atoms with Crippen molar-refractivity contribution in [1.29, 1.82) is 0 Å². The largest absolute Gasteiger partial charge is 0.492 e. The molecule has 28 heavy (non-hydrogen) atoms. The van der Waals surface area contributed by atoms with Crippen LogP contribution >= 0.6 is 0 Å². The molecule has 8 nitrogen and oxygen atoms in total. The molecule has 3 rings (SSSR count). The van der Waals surface area contributed by atoms with Crippen LogP contribution in [0.15, 0.2) is 47.4 Å². The van der Waals surface area contributed by atoms with Gasteiger partial charge < -0.3 is 19.5 Å². The lowest BCUT2D eigenvalue weighted by Crippen LogP contribution is -2.30. The summed E-state index contributed by atoms with van der Waals surface area (Å²) in [5.41, 5.74) is 0.367. The Morgan fingerprint density at radius 3 is 2.54 bits per heavy atom. The van der Waals surface area contributed by atoms with Crippen LogP contribution in [0.1, 0.15) is 24.2 Å². The Morgan fingerprint density at radius 2 is 1.82 bits per heavy atom. The molecule has 0 saturated heterocycles. The first kappa shape index (κ1) is 20.0. The van der Waals surface area contributed by atoms with Crippen LogP contribution in [0, 0.1) is 0 Å². The minimum atomic E-state index is -3.58. The summed E-state index contributed by atoms with van der Waals surface area (Å²) in [6, 6.07) is 10.8. The number of sulfonamides is 1. The first-order chi connectivity index (χ1) is 13.3. The molecule has 150 valence electrons. The van der Waals surface area contributed by atoms with E-state index >= 15 is 0 Å². The monoisotopic (exact) mass is 406 g/mol. The van der Waals surface area contributed by atoms with Crippen LogP contribution in [0.25, 0.3) is 0 Å². The molecule has 0 spiro atoms. The van der Waals surface area contributed by atoms with E-state index in [9.17, 15) is 13.2 Å². The highest BCUT2D eigenvalue weighted by Gasteiger charge is 2.16. The van der Waals surface area contributed by atoms with Gasteiger partial charge in [-0.25, -0.2) is 13.1 Å². The third-order valence-corrected chi connectivity index (χ3v) is 5.49. The fourth-order valence-corrected chi connectivity index (χ4v) is 3.82. The van der Waals surface area contributed by atoms with E-state index in [-0.39, 0.29) is 30.2 Å². The molecule has 0 aromatic heterocycles. The van der Waals surface area contributed by atoms with Gasteiger partial charge in [-0.1, -0.05) is 0 Å². The van der Waals surface area contributed by atoms with E-state index in [2.05, 4.69) is 10.0 Å². The molecule has 1 heterocycles. The average molecular weight is 406 g/mol. The summed E-state index contributed by atoms with van der Waals surface area (Å²) in [6.45, 7) is 4.25. The van der Waals surface area contributed by atoms with E-state index in [1.54, 1.807) is 32.0 Å². The van der Waals surface area contributed by atoms with Gasteiger partial charge in [0.15, 0.2) is 11.5 Å². The van der Waals surface area contributed by atoms with Crippen LogP contribution in [-0.4, -0.2) is 40.3 Å². The lowest BCUT2D eigenvalue weighted by molar-refractivity contribution is 0.0947. The zero-order chi connectivity index (χ0) is 20.1. The van der Waals surface area contributed by atoms with Crippen molar-refractivity contribution in [1.82, 2.24) is 10.0 Å². The summed E-state index contributed by atoms with van der Waals surface area (Å²) in [4.78, 5) is 12.3. The molecule has 0 atom stereocenters. The van der Waals surface area contributed by atoms with Crippen molar-refractivity contribution in [2.45, 2.75) is 24.8 Å². The molecule has 0 aliphatic carbocycles. The van der Waals surface area contributed by atoms with E-state index in [0.717, 1.165) is 0 Å². The molecule has 1 aliphatic heterocycles. The zero-order valence-electron chi connectivity index (χ0n) is 15.6. The highest BCUT2D eigenvalue weighted by Crippen LogP contribution is 2.34. The van der Waals surface area contributed by atoms with Gasteiger partial charge >= 0.3 is 0 Å². The molecule has 0 fully saturated rings. The molecular weight excluding hydrogens is 384 g/mol. The first-order valence-electron chi connectivity index (χ1n) is 8.78. The fourth-order valence-electron chi connectivity index (χ4n) is 2.57. The third kappa shape index (κ3) is 4.93. The van der Waals surface area contributed by atoms with E-state index in [1.807, 2.05) is 0 Å². The number of carbonyl (C=O) groups excluding carboxylic acids is 1. The molecule has 2 N–H and O–H groups in total. The van der Waals surface area contributed by atoms with Crippen LogP contribution < -0.4 is 24.2 Å². The van der Waals surface area contributed by atoms with Crippen LogP contribution in [0.3, 0.4) is 0 Å². The average Bonchev–Trinajstić information content (AvgIpc) is 3.12. The topological polar surface area (TPSA) is 103 Å². The van der Waals surface area contributed by atoms with Crippen molar-refractivity contribution in [3.63, 3.8) is 0 Å². The Hall–Kier alpha value is -2.78. The SMILES string of the molecule is CC(C)NS(=O)(=O)c1ccc(C(=O)NCCOc2ccc3c(c2)OCO3)cc1. The van der Waals surface area contributed by atoms with Gasteiger partial charge in [-0.2, -0.15) is 0 Å². The molecule has 9 heteroatoms. The molecule has 0 radical (unpaired) electrons. The lowest BCUT2D eigenvalue weighted by atomic mass is 10.2. The highest BCUT2D eigenvalue weighted by atomic mass is 32.2. The van der Waals surface area contributed by atoms with Crippen molar-refractivity contribution in [2.24, 2.45) is 0 Å². The number of ether oxygens (including phenoxy) is 3. The number of benzene rings is 2. The Bertz CT molecular complexity index is 941. The van der Waals surface area contributed by atoms with Gasteiger partial charge in [-0.15, -0.1) is 0 Å². The quantitative estimate of drug-likeness (QED) is 0.649. The number of amides is 1. The van der Waals surface area contributed by atoms with Crippen molar-refractivity contribution in [3.05, 3.63) is 48.0 Å². The molecule has 0 saturated carbocycles. The van der Waals surface area contributed by atoms with E-state index in [4.69, 9.17) is 14.2 Å². The minimum absolute atomic E-state index is 0.115. The minimum Gasteiger partial charge on any atom is -0.492 e. The second-order valence-electron chi connectivity index (χ2n) is 6.42. The second kappa shape index (κ2) is 8.49. The maximum absolute atomic E-state index is 12.2. The molecule has 1 aliphatic rings. The Balaban J connectivity index is 1.48. The summed E-state index contributed by atoms with van der Waals surface area (Å²) in [5.74, 6) is 1.61. The van der Waals surface area contributed by atoms with Gasteiger partial charge in [0.25, 0.3) is 5.91 Å². The predicted octanol–water partition coefficient (Wildman–Crippen LogP) is 1.91. The molecular formula is C19H22N2O6S. The predicted molar refractivity (Wildman–Crippen MR) is 102 cm³/mol. The first-order valence-corrected chi connectivity index (χ1v) is 10.3. The van der Waals surface area contributed by atoms with E-state index < -0.39 is 10.0 Å². The fraction of sp³-hybridized carbons (Fsp3) is 0.316. The van der Waals surface area contributed by atoms with Crippen LogP contribution in [0.5, 0.6) is 17.2 Å². The molecule has 0 bridgehead atoms. The molecule has 2 aromatic rings. The number of rotatable bonds is 8. The van der Waals surface area contributed by atoms with E-state index in [1.165, 1.54) is 24.3 Å². The Labute approximate surface area is 163 Å². The third-order valence-electron chi connectivity index (χ3n) is 3.82. The molecule has 1 amide bonds. The molecule has 2 aromatic carbocycles. The Morgan fingerprint density at radius 1 is 1.11 bits per heavy atom. The molecule has 0 unspecified atom stereocenters. The zero-order valence-corrected chi connectivity index (χ0v) is 16.4. The summed E-state index contributed by atoms with van der Waals surface area (Å²) in [7, 11) is -3.58. The lowest BCUT2D eigenvalue weighted by Gasteiger charge is -2.10. The van der Waals surface area contributed by atoms with Crippen LogP contribution in [-0.2, 0) is 10.0 Å². The smallest absolute Gasteiger partial charge is 0.251 e. The van der Waals surface area contributed by atoms with Gasteiger partial charge in [0.1, 0.15) is 12.4 Å². The maximum Gasteiger partial charge on any atom is 0.251 e. The van der Waals surface area contributed by atoms with E-state index in [0.29, 0.717) is 29.4 Å². The van der Waals surface area contributed by atoms with Gasteiger partial charge in [0.05, 0.1) is 11.4 Å². The van der Waals surface area contributed by atoms with Gasteiger partial charge in [0, 0.05) is 17.7 Å². The van der Waals surface area contributed by atoms with Crippen LogP contribution in [0.4, 0.5) is 0 Å². The van der Waals surface area contributed by atoms with Gasteiger partial charge in [0.2, 0.25) is 16.8 Å². The van der Waals surface area contributed by atoms with Crippen molar-refractivity contribution in [2.75, 3.05) is 19.9 Å². The number of fused-ring (bicyclic) bond motifs is 1. The van der Waals surface area contributed by atoms with Gasteiger partial charge in [-0.3, -0.25) is 4.79 Å². The van der Waals surface area contributed by atoms with Crippen molar-refractivity contribution >= 4 is 15.9 Å². The standard InChI is InChI=1S/C19H22N2O6S/c1-13(2)21-28(23,24)16-6-3-14(4-7-16)19(22)20-9-10-25-15-5-8-17-18(11-15)27-12-26-17/h3-8,11,13,21H,9-10,12H2,1-2H3,(H,20,22). The summed E-state index contributed by atoms with van der Waals surface area (Å²) in [6.07, 6.45) is 0. The maximum atomic E-state index is 12.2. The summed E-state index contributed by atoms with van der Waals surface area (Å²) in [5, 5.41) is 2.73. The second-order valence-corrected chi connectivity index (χ2v) is 8.13. The number of nitrogens with one attached hydrogen (secondary N) is 2. The highest BCUT2D eigenvalue weighted by molar-refractivity contribution is 7.89. The van der Waals surface area contributed by atoms with Crippen molar-refractivity contribution < 1.29 is 27.4 Å². The number of carbonyl (C=O) groups is 1. The van der Waals surface area contributed by atoms with Gasteiger partial charge in [-0.05, 0) is 50.2 Å². The normalized spacial score (nSPS) is 12.8. The summed E-state index contributed by atoms with van der Waals surface area (Å²) >= 11 is 0. The van der Waals surface area contributed by atoms with Crippen LogP contribution in [0.2, 0.25) is 0 Å². The summed E-state index contributed by atoms with van der Waals surface area (Å²) < 4.78 is 42.8. The Kier molecular flexibility index (Phi) is 6.05. The van der Waals surface area contributed by atoms with Crippen molar-refractivity contribution in [3.8, 4) is 17.2 Å².